The van der Waals surface area contributed by atoms with Gasteiger partial charge in [0.25, 0.3) is 0 Å². The summed E-state index contributed by atoms with van der Waals surface area (Å²) < 4.78 is 15.4. The van der Waals surface area contributed by atoms with Gasteiger partial charge in [-0.05, 0) is 12.3 Å². The van der Waals surface area contributed by atoms with E-state index in [0.29, 0.717) is 6.10 Å². The van der Waals surface area contributed by atoms with Crippen LogP contribution in [0.25, 0.3) is 0 Å². The van der Waals surface area contributed by atoms with E-state index in [1.54, 1.807) is 0 Å². The molecule has 0 aliphatic carbocycles. The first kappa shape index (κ1) is 23.7. The first-order chi connectivity index (χ1) is 11.6. The number of hydrogen-bond donors (Lipinski definition) is 4. The van der Waals surface area contributed by atoms with Gasteiger partial charge in [-0.1, -0.05) is 33.1 Å². The molecular weight excluding hydrogens is 316 g/mol. The minimum atomic E-state index is -0.916. The zero-order valence-electron chi connectivity index (χ0n) is 15.1. The van der Waals surface area contributed by atoms with Crippen LogP contribution in [-0.2, 0) is 14.2 Å². The maximum absolute atomic E-state index is 8.72. The van der Waals surface area contributed by atoms with Crippen molar-refractivity contribution < 1.29 is 34.6 Å². The van der Waals surface area contributed by atoms with E-state index in [2.05, 4.69) is 13.8 Å². The van der Waals surface area contributed by atoms with Crippen molar-refractivity contribution in [3.8, 4) is 0 Å². The molecule has 4 atom stereocenters. The minimum absolute atomic E-state index is 0.0342. The Bertz CT molecular complexity index is 251. The molecule has 1 rings (SSSR count). The smallest absolute Gasteiger partial charge is 0.104 e. The number of aliphatic hydroxyl groups excluding tert-OH is 4. The van der Waals surface area contributed by atoms with Gasteiger partial charge in [-0.25, -0.2) is 0 Å². The third-order valence-corrected chi connectivity index (χ3v) is 3.64. The second-order valence-electron chi connectivity index (χ2n) is 6.12. The molecule has 7 heteroatoms. The monoisotopic (exact) mass is 352 g/mol. The molecule has 0 amide bonds. The molecule has 4 unspecified atom stereocenters. The van der Waals surface area contributed by atoms with Crippen molar-refractivity contribution in [2.75, 3.05) is 46.2 Å². The molecular formula is C17H36O7. The summed E-state index contributed by atoms with van der Waals surface area (Å²) in [7, 11) is 0. The molecule has 1 fully saturated rings. The summed E-state index contributed by atoms with van der Waals surface area (Å²) in [6.45, 7) is 6.33. The molecule has 1 aliphatic heterocycles. The van der Waals surface area contributed by atoms with Gasteiger partial charge in [-0.3, -0.25) is 0 Å². The molecule has 146 valence electrons. The Morgan fingerprint density at radius 1 is 1.00 bits per heavy atom. The molecule has 1 heterocycles. The Kier molecular flexibility index (Phi) is 16.0. The van der Waals surface area contributed by atoms with E-state index in [0.717, 1.165) is 25.7 Å². The number of epoxide rings is 1. The van der Waals surface area contributed by atoms with Crippen molar-refractivity contribution in [1.29, 1.82) is 0 Å². The molecule has 7 nitrogen and oxygen atoms in total. The quantitative estimate of drug-likeness (QED) is 0.333. The van der Waals surface area contributed by atoms with Gasteiger partial charge < -0.3 is 34.6 Å². The third-order valence-electron chi connectivity index (χ3n) is 3.64. The summed E-state index contributed by atoms with van der Waals surface area (Å²) in [6, 6.07) is 0. The highest BCUT2D eigenvalue weighted by Gasteiger charge is 2.22. The molecule has 0 aromatic carbocycles. The SMILES string of the molecule is CCCCC(CC)COCC1CO1.OCC(O)COCC(O)CO. The molecule has 1 saturated heterocycles. The molecule has 0 saturated carbocycles. The van der Waals surface area contributed by atoms with E-state index in [-0.39, 0.29) is 26.4 Å². The molecule has 24 heavy (non-hydrogen) atoms. The lowest BCUT2D eigenvalue weighted by molar-refractivity contribution is -0.0364. The van der Waals surface area contributed by atoms with Gasteiger partial charge in [0.2, 0.25) is 0 Å². The fraction of sp³-hybridized carbons (Fsp3) is 1.00. The largest absolute Gasteiger partial charge is 0.394 e. The Morgan fingerprint density at radius 3 is 2.00 bits per heavy atom. The number of ether oxygens (including phenoxy) is 3. The highest BCUT2D eigenvalue weighted by molar-refractivity contribution is 4.67. The lowest BCUT2D eigenvalue weighted by Gasteiger charge is -2.13. The lowest BCUT2D eigenvalue weighted by Crippen LogP contribution is -2.25. The molecule has 4 N–H and O–H groups in total. The number of aliphatic hydroxyl groups is 4. The van der Waals surface area contributed by atoms with Crippen molar-refractivity contribution >= 4 is 0 Å². The van der Waals surface area contributed by atoms with Crippen LogP contribution in [0.5, 0.6) is 0 Å². The van der Waals surface area contributed by atoms with Crippen LogP contribution >= 0.6 is 0 Å². The Hall–Kier alpha value is -0.280. The number of hydrogen-bond acceptors (Lipinski definition) is 7. The number of unbranched alkanes of at least 4 members (excludes halogenated alkanes) is 1. The van der Waals surface area contributed by atoms with Crippen LogP contribution in [0.2, 0.25) is 0 Å². The average Bonchev–Trinajstić information content (AvgIpc) is 3.42. The summed E-state index contributed by atoms with van der Waals surface area (Å²) in [5.74, 6) is 0.763. The predicted molar refractivity (Wildman–Crippen MR) is 90.9 cm³/mol. The zero-order valence-corrected chi connectivity index (χ0v) is 15.1. The van der Waals surface area contributed by atoms with Crippen LogP contribution in [0.4, 0.5) is 0 Å². The highest BCUT2D eigenvalue weighted by atomic mass is 16.6. The van der Waals surface area contributed by atoms with E-state index in [1.807, 2.05) is 0 Å². The fourth-order valence-corrected chi connectivity index (χ4v) is 1.87. The third kappa shape index (κ3) is 15.3. The van der Waals surface area contributed by atoms with Crippen LogP contribution in [0.3, 0.4) is 0 Å². The number of rotatable bonds is 14. The van der Waals surface area contributed by atoms with Gasteiger partial charge in [-0.15, -0.1) is 0 Å². The van der Waals surface area contributed by atoms with Crippen LogP contribution in [0.1, 0.15) is 39.5 Å². The second kappa shape index (κ2) is 16.2. The van der Waals surface area contributed by atoms with E-state index >= 15 is 0 Å². The fourth-order valence-electron chi connectivity index (χ4n) is 1.87. The standard InChI is InChI=1S/C11H22O2.C6H14O5/c1-3-5-6-10(4-2)7-12-8-11-9-13-11;7-1-5(9)3-11-4-6(10)2-8/h10-11H,3-9H2,1-2H3;5-10H,1-4H2. The molecule has 0 radical (unpaired) electrons. The van der Waals surface area contributed by atoms with Crippen molar-refractivity contribution in [3.05, 3.63) is 0 Å². The summed E-state index contributed by atoms with van der Waals surface area (Å²) in [4.78, 5) is 0. The Balaban J connectivity index is 0.000000449. The summed E-state index contributed by atoms with van der Waals surface area (Å²) in [6.07, 6.45) is 3.78. The van der Waals surface area contributed by atoms with Gasteiger partial charge in [0.05, 0.1) is 39.6 Å². The topological polar surface area (TPSA) is 112 Å². The lowest BCUT2D eigenvalue weighted by atomic mass is 10.0. The summed E-state index contributed by atoms with van der Waals surface area (Å²) in [5, 5.41) is 34.1. The molecule has 0 spiro atoms. The van der Waals surface area contributed by atoms with Gasteiger partial charge in [-0.2, -0.15) is 0 Å². The van der Waals surface area contributed by atoms with E-state index in [4.69, 9.17) is 34.6 Å². The van der Waals surface area contributed by atoms with Crippen molar-refractivity contribution in [3.63, 3.8) is 0 Å². The minimum Gasteiger partial charge on any atom is -0.394 e. The van der Waals surface area contributed by atoms with Crippen LogP contribution in [-0.4, -0.2) is 85.0 Å². The van der Waals surface area contributed by atoms with Crippen molar-refractivity contribution in [2.24, 2.45) is 5.92 Å². The highest BCUT2D eigenvalue weighted by Crippen LogP contribution is 2.14. The predicted octanol–water partition coefficient (Wildman–Crippen LogP) is 0.328. The second-order valence-corrected chi connectivity index (χ2v) is 6.12. The normalized spacial score (nSPS) is 20.0. The maximum Gasteiger partial charge on any atom is 0.104 e. The Labute approximate surface area is 145 Å². The van der Waals surface area contributed by atoms with Gasteiger partial charge >= 0.3 is 0 Å². The van der Waals surface area contributed by atoms with Crippen LogP contribution < -0.4 is 0 Å². The molecule has 0 aromatic rings. The summed E-state index contributed by atoms with van der Waals surface area (Å²) in [5.41, 5.74) is 0. The average molecular weight is 352 g/mol. The van der Waals surface area contributed by atoms with E-state index < -0.39 is 12.2 Å². The van der Waals surface area contributed by atoms with E-state index in [1.165, 1.54) is 25.7 Å². The van der Waals surface area contributed by atoms with Crippen molar-refractivity contribution in [1.82, 2.24) is 0 Å². The first-order valence-electron chi connectivity index (χ1n) is 8.92. The summed E-state index contributed by atoms with van der Waals surface area (Å²) >= 11 is 0. The molecule has 0 aromatic heterocycles. The van der Waals surface area contributed by atoms with Gasteiger partial charge in [0, 0.05) is 6.61 Å². The Morgan fingerprint density at radius 2 is 1.58 bits per heavy atom. The van der Waals surface area contributed by atoms with Gasteiger partial charge in [0.15, 0.2) is 0 Å². The van der Waals surface area contributed by atoms with E-state index in [9.17, 15) is 0 Å². The van der Waals surface area contributed by atoms with Gasteiger partial charge in [0.1, 0.15) is 18.3 Å². The van der Waals surface area contributed by atoms with Crippen LogP contribution in [0, 0.1) is 5.92 Å². The first-order valence-corrected chi connectivity index (χ1v) is 8.92. The zero-order chi connectivity index (χ0) is 18.2. The van der Waals surface area contributed by atoms with Crippen LogP contribution in [0.15, 0.2) is 0 Å². The molecule has 1 aliphatic rings. The maximum atomic E-state index is 8.72. The van der Waals surface area contributed by atoms with Crippen molar-refractivity contribution in [2.45, 2.75) is 57.8 Å². The molecule has 0 bridgehead atoms.